The van der Waals surface area contributed by atoms with Crippen LogP contribution >= 0.6 is 0 Å². The van der Waals surface area contributed by atoms with Gasteiger partial charge >= 0.3 is 0 Å². The number of rotatable bonds is 9. The van der Waals surface area contributed by atoms with Crippen molar-refractivity contribution in [1.82, 2.24) is 29.7 Å². The third kappa shape index (κ3) is 8.52. The minimum Gasteiger partial charge on any atom is -0.403 e. The van der Waals surface area contributed by atoms with E-state index in [2.05, 4.69) is 41.6 Å². The van der Waals surface area contributed by atoms with Gasteiger partial charge in [-0.3, -0.25) is 19.5 Å². The Kier molecular flexibility index (Phi) is 13.8. The molecular formula is C30H42FN11O2. The zero-order chi connectivity index (χ0) is 32.8. The number of carbonyl (C=O) groups is 2. The van der Waals surface area contributed by atoms with Crippen LogP contribution in [0.5, 0.6) is 0 Å². The van der Waals surface area contributed by atoms with Gasteiger partial charge < -0.3 is 20.5 Å². The van der Waals surface area contributed by atoms with Crippen LogP contribution in [0.15, 0.2) is 58.8 Å². The summed E-state index contributed by atoms with van der Waals surface area (Å²) >= 11 is 0. The number of anilines is 1. The van der Waals surface area contributed by atoms with Crippen LogP contribution < -0.4 is 16.6 Å². The fraction of sp³-hybridized carbons (Fsp3) is 0.367. The number of fused-ring (bicyclic) bond motifs is 1. The number of halogens is 1. The van der Waals surface area contributed by atoms with Crippen molar-refractivity contribution in [3.05, 3.63) is 60.1 Å². The van der Waals surface area contributed by atoms with E-state index in [-0.39, 0.29) is 35.4 Å². The number of carbonyl (C=O) groups excluding carboxylic acids is 2. The van der Waals surface area contributed by atoms with Gasteiger partial charge in [-0.25, -0.2) is 25.2 Å². The molecular weight excluding hydrogens is 565 g/mol. The molecule has 1 amide bonds. The van der Waals surface area contributed by atoms with Crippen molar-refractivity contribution in [2.75, 3.05) is 52.0 Å². The highest BCUT2D eigenvalue weighted by molar-refractivity contribution is 6.45. The van der Waals surface area contributed by atoms with E-state index in [1.807, 2.05) is 32.0 Å². The van der Waals surface area contributed by atoms with Gasteiger partial charge in [0, 0.05) is 71.7 Å². The van der Waals surface area contributed by atoms with E-state index in [0.717, 1.165) is 11.2 Å². The molecule has 5 N–H and O–H groups in total. The number of guanidine groups is 1. The summed E-state index contributed by atoms with van der Waals surface area (Å²) in [5.41, 5.74) is 6.06. The number of allylic oxidation sites excluding steroid dienone is 3. The first-order valence-corrected chi connectivity index (χ1v) is 14.0. The summed E-state index contributed by atoms with van der Waals surface area (Å²) < 4.78 is 14.7. The molecule has 0 radical (unpaired) electrons. The van der Waals surface area contributed by atoms with Crippen molar-refractivity contribution in [1.29, 1.82) is 0 Å². The largest absolute Gasteiger partial charge is 0.403 e. The van der Waals surface area contributed by atoms with Crippen LogP contribution in [0.25, 0.3) is 10.9 Å². The van der Waals surface area contributed by atoms with Gasteiger partial charge in [-0.15, -0.1) is 6.42 Å². The van der Waals surface area contributed by atoms with E-state index in [1.54, 1.807) is 17.1 Å². The Balaban J connectivity index is 0.00000216. The standard InChI is InChI=1S/C27H34FN11O2.C3H8/c1-6-8-19(9-7-2)39(31-3)27(35(4)5)34-18-36-12-14-37(15-13-36)26(41)24(40)20-16-32-23-22(20)21(28)17-33-25(23)38(30)11-10-29;1-3-2/h1,7-11,16-17,32H,3,12-15,18,29-30H2,2,4-5H3;3H2,1-2H3/b9-7-,11-10-,19-8+,34-27-;. The summed E-state index contributed by atoms with van der Waals surface area (Å²) in [6.07, 6.45) is 16.6. The average molecular weight is 608 g/mol. The molecule has 1 aliphatic heterocycles. The van der Waals surface area contributed by atoms with Crippen LogP contribution in [0.4, 0.5) is 10.2 Å². The van der Waals surface area contributed by atoms with Crippen molar-refractivity contribution in [2.45, 2.75) is 27.2 Å². The third-order valence-corrected chi connectivity index (χ3v) is 6.19. The van der Waals surface area contributed by atoms with E-state index < -0.39 is 17.5 Å². The number of piperazine rings is 1. The molecule has 0 aromatic carbocycles. The summed E-state index contributed by atoms with van der Waals surface area (Å²) in [5, 5.41) is 6.62. The van der Waals surface area contributed by atoms with Crippen LogP contribution in [-0.4, -0.2) is 101 Å². The van der Waals surface area contributed by atoms with Gasteiger partial charge in [0.25, 0.3) is 11.7 Å². The molecule has 0 atom stereocenters. The Bertz CT molecular complexity index is 1460. The predicted molar refractivity (Wildman–Crippen MR) is 174 cm³/mol. The Hall–Kier alpha value is -5.00. The number of nitrogens with two attached hydrogens (primary N) is 2. The molecule has 13 nitrogen and oxygen atoms in total. The molecule has 3 heterocycles. The molecule has 2 aromatic heterocycles. The van der Waals surface area contributed by atoms with Crippen LogP contribution in [0, 0.1) is 18.2 Å². The predicted octanol–water partition coefficient (Wildman–Crippen LogP) is 2.44. The minimum absolute atomic E-state index is 0.0741. The molecule has 2 aromatic rings. The first kappa shape index (κ1) is 35.2. The number of aromatic amines is 1. The monoisotopic (exact) mass is 607 g/mol. The number of H-pyrrole nitrogens is 1. The van der Waals surface area contributed by atoms with E-state index >= 15 is 0 Å². The lowest BCUT2D eigenvalue weighted by molar-refractivity contribution is -0.128. The summed E-state index contributed by atoms with van der Waals surface area (Å²) in [4.78, 5) is 43.0. The number of pyridine rings is 1. The minimum atomic E-state index is -0.837. The van der Waals surface area contributed by atoms with Gasteiger partial charge in [0.15, 0.2) is 11.6 Å². The molecule has 1 aliphatic rings. The zero-order valence-electron chi connectivity index (χ0n) is 26.0. The number of terminal acetylenes is 1. The smallest absolute Gasteiger partial charge is 0.295 e. The van der Waals surface area contributed by atoms with Gasteiger partial charge in [0.1, 0.15) is 0 Å². The van der Waals surface area contributed by atoms with Crippen LogP contribution in [0.1, 0.15) is 37.6 Å². The first-order valence-electron chi connectivity index (χ1n) is 14.0. The van der Waals surface area contributed by atoms with Gasteiger partial charge in [-0.2, -0.15) is 5.10 Å². The van der Waals surface area contributed by atoms with E-state index in [0.29, 0.717) is 31.4 Å². The molecule has 44 heavy (non-hydrogen) atoms. The van der Waals surface area contributed by atoms with Crippen LogP contribution in [0.2, 0.25) is 0 Å². The fourth-order valence-electron chi connectivity index (χ4n) is 4.24. The fourth-order valence-corrected chi connectivity index (χ4v) is 4.24. The van der Waals surface area contributed by atoms with Gasteiger partial charge in [0.2, 0.25) is 5.96 Å². The average Bonchev–Trinajstić information content (AvgIpc) is 3.45. The van der Waals surface area contributed by atoms with Crippen molar-refractivity contribution in [3.63, 3.8) is 0 Å². The number of aromatic nitrogens is 2. The van der Waals surface area contributed by atoms with Crippen molar-refractivity contribution in [2.24, 2.45) is 21.7 Å². The first-order chi connectivity index (χ1) is 21.1. The summed E-state index contributed by atoms with van der Waals surface area (Å²) in [7, 11) is 3.66. The Morgan fingerprint density at radius 3 is 2.48 bits per heavy atom. The molecule has 0 spiro atoms. The highest BCUT2D eigenvalue weighted by atomic mass is 19.1. The number of nitrogens with one attached hydrogen (secondary N) is 1. The normalized spacial score (nSPS) is 14.4. The number of ketones is 1. The molecule has 1 saturated heterocycles. The Morgan fingerprint density at radius 1 is 1.27 bits per heavy atom. The molecule has 14 heteroatoms. The highest BCUT2D eigenvalue weighted by Gasteiger charge is 2.30. The molecule has 0 unspecified atom stereocenters. The lowest BCUT2D eigenvalue weighted by Crippen LogP contribution is -2.50. The SMILES string of the molecule is C#C/C=C(\C=C/C)N(N=C)/C(=N\CN1CCN(C(=O)C(=O)c2c[nH]c3c(N(N)/C=C\N)ncc(F)c23)CC1)N(C)C.CCC. The zero-order valence-corrected chi connectivity index (χ0v) is 26.0. The van der Waals surface area contributed by atoms with Gasteiger partial charge in [-0.05, 0) is 13.0 Å². The van der Waals surface area contributed by atoms with E-state index in [9.17, 15) is 14.0 Å². The maximum absolute atomic E-state index is 14.7. The molecule has 0 bridgehead atoms. The maximum atomic E-state index is 14.7. The van der Waals surface area contributed by atoms with E-state index in [1.165, 1.54) is 34.9 Å². The van der Waals surface area contributed by atoms with Gasteiger partial charge in [0.05, 0.1) is 35.0 Å². The van der Waals surface area contributed by atoms with E-state index in [4.69, 9.17) is 23.0 Å². The number of hydrogen-bond donors (Lipinski definition) is 3. The van der Waals surface area contributed by atoms with Gasteiger partial charge in [-0.1, -0.05) is 32.3 Å². The molecule has 1 fully saturated rings. The number of hydrazone groups is 1. The second-order valence-corrected chi connectivity index (χ2v) is 9.76. The number of hydrogen-bond acceptors (Lipinski definition) is 9. The molecule has 0 aliphatic carbocycles. The number of hydrazine groups is 1. The number of aliphatic imine (C=N–C) groups is 1. The Labute approximate surface area is 258 Å². The third-order valence-electron chi connectivity index (χ3n) is 6.19. The van der Waals surface area contributed by atoms with Crippen molar-refractivity contribution >= 4 is 41.1 Å². The molecule has 3 rings (SSSR count). The second kappa shape index (κ2) is 17.2. The van der Waals surface area contributed by atoms with Crippen molar-refractivity contribution < 1.29 is 14.0 Å². The molecule has 236 valence electrons. The van der Waals surface area contributed by atoms with Crippen LogP contribution in [0.3, 0.4) is 0 Å². The lowest BCUT2D eigenvalue weighted by Gasteiger charge is -2.34. The quantitative estimate of drug-likeness (QED) is 0.0570. The molecule has 0 saturated carbocycles. The Morgan fingerprint density at radius 2 is 1.93 bits per heavy atom. The number of amides is 1. The van der Waals surface area contributed by atoms with Crippen LogP contribution in [-0.2, 0) is 4.79 Å². The summed E-state index contributed by atoms with van der Waals surface area (Å²) in [6.45, 7) is 11.6. The summed E-state index contributed by atoms with van der Waals surface area (Å²) in [6, 6.07) is 0. The second-order valence-electron chi connectivity index (χ2n) is 9.76. The number of nitrogens with zero attached hydrogens (tertiary/aromatic N) is 8. The lowest BCUT2D eigenvalue weighted by atomic mass is 10.1. The number of Topliss-reactive ketones (excluding diaryl/α,β-unsaturated/α-hetero) is 1. The highest BCUT2D eigenvalue weighted by Crippen LogP contribution is 2.28. The topological polar surface area (TPSA) is 156 Å². The summed E-state index contributed by atoms with van der Waals surface area (Å²) in [5.74, 6) is 6.70. The maximum Gasteiger partial charge on any atom is 0.295 e. The van der Waals surface area contributed by atoms with Crippen molar-refractivity contribution in [3.8, 4) is 12.3 Å².